The van der Waals surface area contributed by atoms with E-state index in [9.17, 15) is 27.6 Å². The molecule has 200 valence electrons. The van der Waals surface area contributed by atoms with Crippen LogP contribution in [0.1, 0.15) is 60.4 Å². The van der Waals surface area contributed by atoms with Crippen molar-refractivity contribution in [2.45, 2.75) is 57.2 Å². The molecule has 1 saturated carbocycles. The summed E-state index contributed by atoms with van der Waals surface area (Å²) in [7, 11) is 0. The third-order valence-corrected chi connectivity index (χ3v) is 6.80. The van der Waals surface area contributed by atoms with Crippen LogP contribution >= 0.6 is 0 Å². The summed E-state index contributed by atoms with van der Waals surface area (Å²) in [5, 5.41) is 15.4. The molecule has 4 rings (SSSR count). The van der Waals surface area contributed by atoms with E-state index in [2.05, 4.69) is 10.4 Å². The first-order chi connectivity index (χ1) is 18.1. The molecular formula is C28H28F3N3O4. The van der Waals surface area contributed by atoms with Crippen molar-refractivity contribution in [2.24, 2.45) is 5.92 Å². The lowest BCUT2D eigenvalue weighted by Gasteiger charge is -2.24. The fourth-order valence-electron chi connectivity index (χ4n) is 4.92. The molecule has 0 aliphatic heterocycles. The second kappa shape index (κ2) is 11.6. The number of nitrogens with one attached hydrogen (secondary N) is 1. The SMILES string of the molecule is O=C(O)CCc1cccc(NC(=O)C(c2ccc(Cn3nc(C(F)(F)F)ccc3=O)cc2)C2CCCC2)c1. The fraction of sp³-hybridized carbons (Fsp3) is 0.357. The maximum Gasteiger partial charge on any atom is 0.435 e. The van der Waals surface area contributed by atoms with Gasteiger partial charge in [-0.2, -0.15) is 18.3 Å². The van der Waals surface area contributed by atoms with Gasteiger partial charge in [0.15, 0.2) is 5.69 Å². The van der Waals surface area contributed by atoms with E-state index in [1.54, 1.807) is 42.5 Å². The Kier molecular flexibility index (Phi) is 8.29. The van der Waals surface area contributed by atoms with Crippen LogP contribution in [0.5, 0.6) is 0 Å². The van der Waals surface area contributed by atoms with Crippen molar-refractivity contribution in [3.05, 3.63) is 93.4 Å². The number of rotatable bonds is 9. The van der Waals surface area contributed by atoms with E-state index >= 15 is 0 Å². The molecule has 0 spiro atoms. The number of amides is 1. The van der Waals surface area contributed by atoms with Gasteiger partial charge in [0.05, 0.1) is 12.5 Å². The molecule has 0 radical (unpaired) electrons. The summed E-state index contributed by atoms with van der Waals surface area (Å²) >= 11 is 0. The van der Waals surface area contributed by atoms with Gasteiger partial charge in [0.2, 0.25) is 5.91 Å². The molecule has 1 aromatic heterocycles. The van der Waals surface area contributed by atoms with Crippen LogP contribution in [-0.4, -0.2) is 26.8 Å². The lowest BCUT2D eigenvalue weighted by Crippen LogP contribution is -2.27. The van der Waals surface area contributed by atoms with Crippen LogP contribution in [0.4, 0.5) is 18.9 Å². The number of aryl methyl sites for hydroxylation is 1. The number of carboxylic acid groups (broad SMARTS) is 1. The maximum absolute atomic E-state index is 13.5. The van der Waals surface area contributed by atoms with Gasteiger partial charge in [0.1, 0.15) is 0 Å². The third kappa shape index (κ3) is 6.87. The Balaban J connectivity index is 1.53. The number of nitrogens with zero attached hydrogens (tertiary/aromatic N) is 2. The minimum absolute atomic E-state index is 0.00338. The molecule has 3 aromatic rings. The number of carboxylic acids is 1. The normalized spacial score (nSPS) is 14.8. The molecule has 10 heteroatoms. The average molecular weight is 528 g/mol. The van der Waals surface area contributed by atoms with Crippen molar-refractivity contribution in [2.75, 3.05) is 5.32 Å². The lowest BCUT2D eigenvalue weighted by atomic mass is 9.83. The third-order valence-electron chi connectivity index (χ3n) is 6.80. The number of carbonyl (C=O) groups is 2. The van der Waals surface area contributed by atoms with Crippen LogP contribution < -0.4 is 10.9 Å². The van der Waals surface area contributed by atoms with Crippen molar-refractivity contribution < 1.29 is 27.9 Å². The second-order valence-corrected chi connectivity index (χ2v) is 9.56. The van der Waals surface area contributed by atoms with Gasteiger partial charge >= 0.3 is 12.1 Å². The van der Waals surface area contributed by atoms with Crippen LogP contribution in [0.15, 0.2) is 65.5 Å². The number of anilines is 1. The zero-order valence-corrected chi connectivity index (χ0v) is 20.6. The molecule has 1 atom stereocenters. The van der Waals surface area contributed by atoms with Crippen molar-refractivity contribution >= 4 is 17.6 Å². The van der Waals surface area contributed by atoms with Gasteiger partial charge in [-0.25, -0.2) is 4.68 Å². The highest BCUT2D eigenvalue weighted by molar-refractivity contribution is 5.96. The van der Waals surface area contributed by atoms with Crippen LogP contribution in [0.25, 0.3) is 0 Å². The molecule has 1 amide bonds. The summed E-state index contributed by atoms with van der Waals surface area (Å²) in [6, 6.07) is 15.6. The Bertz CT molecular complexity index is 1350. The zero-order valence-electron chi connectivity index (χ0n) is 20.6. The van der Waals surface area contributed by atoms with Crippen LogP contribution in [0, 0.1) is 5.92 Å². The van der Waals surface area contributed by atoms with Crippen molar-refractivity contribution in [1.82, 2.24) is 9.78 Å². The highest BCUT2D eigenvalue weighted by Gasteiger charge is 2.34. The van der Waals surface area contributed by atoms with E-state index in [1.165, 1.54) is 0 Å². The fourth-order valence-corrected chi connectivity index (χ4v) is 4.92. The zero-order chi connectivity index (χ0) is 27.3. The molecule has 1 unspecified atom stereocenters. The summed E-state index contributed by atoms with van der Waals surface area (Å²) in [6.45, 7) is -0.132. The molecule has 1 heterocycles. The summed E-state index contributed by atoms with van der Waals surface area (Å²) in [5.41, 5.74) is 0.983. The van der Waals surface area contributed by atoms with Gasteiger partial charge in [0.25, 0.3) is 5.56 Å². The van der Waals surface area contributed by atoms with Crippen molar-refractivity contribution in [1.29, 1.82) is 0 Å². The first-order valence-corrected chi connectivity index (χ1v) is 12.5. The molecule has 0 bridgehead atoms. The van der Waals surface area contributed by atoms with Gasteiger partial charge in [-0.3, -0.25) is 14.4 Å². The molecule has 2 N–H and O–H groups in total. The van der Waals surface area contributed by atoms with Gasteiger partial charge in [-0.1, -0.05) is 49.2 Å². The number of alkyl halides is 3. The summed E-state index contributed by atoms with van der Waals surface area (Å²) in [6.07, 6.45) is -0.434. The van der Waals surface area contributed by atoms with Crippen LogP contribution in [0.2, 0.25) is 0 Å². The number of hydrogen-bond donors (Lipinski definition) is 2. The number of aliphatic carboxylic acids is 1. The minimum atomic E-state index is -4.66. The summed E-state index contributed by atoms with van der Waals surface area (Å²) < 4.78 is 39.8. The molecule has 1 aliphatic rings. The molecular weight excluding hydrogens is 499 g/mol. The summed E-state index contributed by atoms with van der Waals surface area (Å²) in [5.74, 6) is -1.35. The molecule has 1 aliphatic carbocycles. The highest BCUT2D eigenvalue weighted by Crippen LogP contribution is 2.38. The predicted molar refractivity (Wildman–Crippen MR) is 135 cm³/mol. The maximum atomic E-state index is 13.5. The summed E-state index contributed by atoms with van der Waals surface area (Å²) in [4.78, 5) is 36.4. The Morgan fingerprint density at radius 2 is 1.74 bits per heavy atom. The lowest BCUT2D eigenvalue weighted by molar-refractivity contribution is -0.142. The van der Waals surface area contributed by atoms with E-state index in [-0.39, 0.29) is 24.8 Å². The molecule has 0 saturated heterocycles. The Morgan fingerprint density at radius 1 is 1.03 bits per heavy atom. The average Bonchev–Trinajstić information content (AvgIpc) is 3.39. The van der Waals surface area contributed by atoms with E-state index in [4.69, 9.17) is 5.11 Å². The first kappa shape index (κ1) is 27.1. The quantitative estimate of drug-likeness (QED) is 0.396. The number of benzene rings is 2. The second-order valence-electron chi connectivity index (χ2n) is 9.56. The number of halogens is 3. The van der Waals surface area contributed by atoms with Gasteiger partial charge < -0.3 is 10.4 Å². The van der Waals surface area contributed by atoms with E-state index < -0.39 is 29.3 Å². The van der Waals surface area contributed by atoms with Crippen molar-refractivity contribution in [3.63, 3.8) is 0 Å². The van der Waals surface area contributed by atoms with E-state index in [1.807, 2.05) is 6.07 Å². The standard InChI is InChI=1S/C28H28F3N3O4/c29-28(30,31)23-13-14-24(35)34(33-23)17-19-8-11-21(12-9-19)26(20-5-1-2-6-20)27(38)32-22-7-3-4-18(16-22)10-15-25(36)37/h3-4,7-9,11-14,16,20,26H,1-2,5-6,10,15,17H2,(H,32,38)(H,36,37). The smallest absolute Gasteiger partial charge is 0.435 e. The molecule has 1 fully saturated rings. The van der Waals surface area contributed by atoms with Gasteiger partial charge in [-0.15, -0.1) is 0 Å². The Morgan fingerprint density at radius 3 is 2.39 bits per heavy atom. The van der Waals surface area contributed by atoms with Crippen molar-refractivity contribution in [3.8, 4) is 0 Å². The Hall–Kier alpha value is -3.95. The number of aromatic nitrogens is 2. The monoisotopic (exact) mass is 527 g/mol. The largest absolute Gasteiger partial charge is 0.481 e. The number of carbonyl (C=O) groups excluding carboxylic acids is 1. The van der Waals surface area contributed by atoms with E-state index in [0.717, 1.165) is 47.6 Å². The van der Waals surface area contributed by atoms with Crippen LogP contribution in [-0.2, 0) is 28.7 Å². The highest BCUT2D eigenvalue weighted by atomic mass is 19.4. The van der Waals surface area contributed by atoms with Crippen LogP contribution in [0.3, 0.4) is 0 Å². The predicted octanol–water partition coefficient (Wildman–Crippen LogP) is 5.24. The minimum Gasteiger partial charge on any atom is -0.481 e. The topological polar surface area (TPSA) is 101 Å². The number of hydrogen-bond acceptors (Lipinski definition) is 4. The van der Waals surface area contributed by atoms with Gasteiger partial charge in [0, 0.05) is 18.2 Å². The molecule has 2 aromatic carbocycles. The van der Waals surface area contributed by atoms with Gasteiger partial charge in [-0.05, 0) is 60.1 Å². The first-order valence-electron chi connectivity index (χ1n) is 12.5. The van der Waals surface area contributed by atoms with E-state index in [0.29, 0.717) is 23.7 Å². The molecule has 7 nitrogen and oxygen atoms in total. The Labute approximate surface area is 217 Å². The molecule has 38 heavy (non-hydrogen) atoms.